The Hall–Kier alpha value is -0.0400. The van der Waals surface area contributed by atoms with Crippen molar-refractivity contribution in [3.8, 4) is 0 Å². The summed E-state index contributed by atoms with van der Waals surface area (Å²) >= 11 is 0. The van der Waals surface area contributed by atoms with Gasteiger partial charge >= 0.3 is 0 Å². The van der Waals surface area contributed by atoms with Gasteiger partial charge in [0.2, 0.25) is 0 Å². The largest absolute Gasteiger partial charge is 0.381 e. The summed E-state index contributed by atoms with van der Waals surface area (Å²) in [4.78, 5) is 0. The van der Waals surface area contributed by atoms with Gasteiger partial charge in [-0.05, 0) is 25.2 Å². The maximum Gasteiger partial charge on any atom is 0.0494 e. The summed E-state index contributed by atoms with van der Waals surface area (Å²) in [6.07, 6.45) is 21.3. The van der Waals surface area contributed by atoms with E-state index in [1.807, 2.05) is 0 Å². The Morgan fingerprint density at radius 2 is 1.25 bits per heavy atom. The average molecular weight is 283 g/mol. The van der Waals surface area contributed by atoms with E-state index >= 15 is 0 Å². The van der Waals surface area contributed by atoms with Crippen LogP contribution in [0.4, 0.5) is 0 Å². The summed E-state index contributed by atoms with van der Waals surface area (Å²) in [6.45, 7) is 4.33. The summed E-state index contributed by atoms with van der Waals surface area (Å²) in [7, 11) is 0. The lowest BCUT2D eigenvalue weighted by molar-refractivity contribution is 0.0824. The Kier molecular flexibility index (Phi) is 12.5. The number of hydrogen-bond donors (Lipinski definition) is 0. The highest BCUT2D eigenvalue weighted by Crippen LogP contribution is 2.23. The fourth-order valence-corrected chi connectivity index (χ4v) is 3.30. The van der Waals surface area contributed by atoms with Crippen LogP contribution in [-0.4, -0.2) is 13.2 Å². The van der Waals surface area contributed by atoms with Gasteiger partial charge in [0.1, 0.15) is 0 Å². The minimum absolute atomic E-state index is 0.881. The van der Waals surface area contributed by atoms with Gasteiger partial charge < -0.3 is 4.74 Å². The van der Waals surface area contributed by atoms with Gasteiger partial charge in [0.15, 0.2) is 0 Å². The second-order valence-corrected chi connectivity index (χ2v) is 6.76. The lowest BCUT2D eigenvalue weighted by Gasteiger charge is -2.21. The third-order valence-electron chi connectivity index (χ3n) is 4.72. The number of unbranched alkanes of at least 4 members (excludes halogenated alkanes) is 9. The molecule has 1 aliphatic carbocycles. The molecule has 0 aliphatic heterocycles. The van der Waals surface area contributed by atoms with E-state index in [0.29, 0.717) is 0 Å². The van der Waals surface area contributed by atoms with Gasteiger partial charge in [-0.25, -0.2) is 0 Å². The van der Waals surface area contributed by atoms with E-state index < -0.39 is 0 Å². The fraction of sp³-hybridized carbons (Fsp3) is 1.00. The molecule has 1 rings (SSSR count). The van der Waals surface area contributed by atoms with Crippen LogP contribution in [0.25, 0.3) is 0 Å². The minimum Gasteiger partial charge on any atom is -0.381 e. The smallest absolute Gasteiger partial charge is 0.0494 e. The van der Waals surface area contributed by atoms with Crippen LogP contribution in [0, 0.1) is 5.92 Å². The van der Waals surface area contributed by atoms with E-state index in [1.54, 1.807) is 0 Å². The molecular weight excluding hydrogens is 244 g/mol. The molecule has 1 saturated carbocycles. The van der Waals surface area contributed by atoms with Crippen molar-refractivity contribution in [2.45, 2.75) is 103 Å². The Morgan fingerprint density at radius 1 is 0.700 bits per heavy atom. The molecule has 0 spiro atoms. The Morgan fingerprint density at radius 3 is 1.85 bits per heavy atom. The van der Waals surface area contributed by atoms with Crippen LogP contribution in [0.1, 0.15) is 103 Å². The van der Waals surface area contributed by atoms with Crippen molar-refractivity contribution in [1.82, 2.24) is 0 Å². The molecule has 0 atom stereocenters. The van der Waals surface area contributed by atoms with Crippen molar-refractivity contribution in [3.05, 3.63) is 0 Å². The minimum atomic E-state index is 0.881. The molecule has 1 aliphatic rings. The third kappa shape index (κ3) is 10.7. The van der Waals surface area contributed by atoms with Crippen LogP contribution in [0.5, 0.6) is 0 Å². The zero-order valence-corrected chi connectivity index (χ0v) is 14.0. The van der Waals surface area contributed by atoms with Crippen LogP contribution >= 0.6 is 0 Å². The fourth-order valence-electron chi connectivity index (χ4n) is 3.30. The molecule has 0 aromatic heterocycles. The van der Waals surface area contributed by atoms with Gasteiger partial charge in [-0.3, -0.25) is 0 Å². The third-order valence-corrected chi connectivity index (χ3v) is 4.72. The van der Waals surface area contributed by atoms with Gasteiger partial charge in [0.05, 0.1) is 0 Å². The molecule has 1 nitrogen and oxygen atoms in total. The molecule has 0 N–H and O–H groups in total. The number of hydrogen-bond acceptors (Lipinski definition) is 1. The van der Waals surface area contributed by atoms with Crippen LogP contribution in [0.15, 0.2) is 0 Å². The highest BCUT2D eigenvalue weighted by molar-refractivity contribution is 4.64. The molecule has 0 heterocycles. The SMILES string of the molecule is CCCCCCCCCCCCOCC1CCCCC1. The summed E-state index contributed by atoms with van der Waals surface area (Å²) in [5.74, 6) is 0.881. The lowest BCUT2D eigenvalue weighted by Crippen LogP contribution is -2.13. The lowest BCUT2D eigenvalue weighted by atomic mass is 9.90. The summed E-state index contributed by atoms with van der Waals surface area (Å²) in [5.41, 5.74) is 0. The van der Waals surface area contributed by atoms with Gasteiger partial charge in [-0.15, -0.1) is 0 Å². The second kappa shape index (κ2) is 13.9. The average Bonchev–Trinajstić information content (AvgIpc) is 2.49. The Labute approximate surface area is 127 Å². The standard InChI is InChI=1S/C19H38O/c1-2-3-4-5-6-7-8-9-10-14-17-20-18-19-15-12-11-13-16-19/h19H,2-18H2,1H3. The Balaban J connectivity index is 1.70. The first kappa shape index (κ1) is 18.0. The van der Waals surface area contributed by atoms with Crippen LogP contribution < -0.4 is 0 Å². The van der Waals surface area contributed by atoms with Crippen LogP contribution in [0.2, 0.25) is 0 Å². The highest BCUT2D eigenvalue weighted by atomic mass is 16.5. The van der Waals surface area contributed by atoms with E-state index in [-0.39, 0.29) is 0 Å². The van der Waals surface area contributed by atoms with E-state index in [2.05, 4.69) is 6.92 Å². The van der Waals surface area contributed by atoms with Crippen molar-refractivity contribution in [1.29, 1.82) is 0 Å². The molecule has 0 amide bonds. The predicted molar refractivity (Wildman–Crippen MR) is 89.2 cm³/mol. The normalized spacial score (nSPS) is 16.6. The maximum absolute atomic E-state index is 5.85. The molecule has 0 aromatic rings. The molecule has 1 heteroatoms. The van der Waals surface area contributed by atoms with Gasteiger partial charge in [-0.2, -0.15) is 0 Å². The molecular formula is C19H38O. The topological polar surface area (TPSA) is 9.23 Å². The molecule has 1 fully saturated rings. The van der Waals surface area contributed by atoms with Crippen molar-refractivity contribution < 1.29 is 4.74 Å². The van der Waals surface area contributed by atoms with Crippen LogP contribution in [-0.2, 0) is 4.74 Å². The van der Waals surface area contributed by atoms with E-state index in [0.717, 1.165) is 19.1 Å². The van der Waals surface area contributed by atoms with Gasteiger partial charge in [0, 0.05) is 13.2 Å². The van der Waals surface area contributed by atoms with Crippen LogP contribution in [0.3, 0.4) is 0 Å². The van der Waals surface area contributed by atoms with E-state index in [9.17, 15) is 0 Å². The molecule has 0 bridgehead atoms. The highest BCUT2D eigenvalue weighted by Gasteiger charge is 2.12. The van der Waals surface area contributed by atoms with E-state index in [4.69, 9.17) is 4.74 Å². The zero-order valence-electron chi connectivity index (χ0n) is 14.0. The zero-order chi connectivity index (χ0) is 14.3. The maximum atomic E-state index is 5.85. The van der Waals surface area contributed by atoms with Crippen molar-refractivity contribution in [2.24, 2.45) is 5.92 Å². The second-order valence-electron chi connectivity index (χ2n) is 6.76. The molecule has 0 aromatic carbocycles. The predicted octanol–water partition coefficient (Wildman–Crippen LogP) is 6.50. The number of rotatable bonds is 13. The van der Waals surface area contributed by atoms with Crippen molar-refractivity contribution in [2.75, 3.05) is 13.2 Å². The molecule has 0 unspecified atom stereocenters. The summed E-state index contributed by atoms with van der Waals surface area (Å²) in [5, 5.41) is 0. The molecule has 0 saturated heterocycles. The van der Waals surface area contributed by atoms with Gasteiger partial charge in [-0.1, -0.05) is 84.0 Å². The molecule has 0 radical (unpaired) electrons. The quantitative estimate of drug-likeness (QED) is 0.350. The first-order valence-electron chi connectivity index (χ1n) is 9.51. The Bertz CT molecular complexity index is 184. The summed E-state index contributed by atoms with van der Waals surface area (Å²) in [6, 6.07) is 0. The first-order chi connectivity index (χ1) is 9.93. The number of ether oxygens (including phenoxy) is 1. The van der Waals surface area contributed by atoms with Crippen molar-refractivity contribution >= 4 is 0 Å². The van der Waals surface area contributed by atoms with Crippen molar-refractivity contribution in [3.63, 3.8) is 0 Å². The first-order valence-corrected chi connectivity index (χ1v) is 9.51. The summed E-state index contributed by atoms with van der Waals surface area (Å²) < 4.78 is 5.85. The van der Waals surface area contributed by atoms with Gasteiger partial charge in [0.25, 0.3) is 0 Å². The van der Waals surface area contributed by atoms with E-state index in [1.165, 1.54) is 96.3 Å². The molecule has 20 heavy (non-hydrogen) atoms. The molecule has 120 valence electrons. The monoisotopic (exact) mass is 282 g/mol.